The van der Waals surface area contributed by atoms with Gasteiger partial charge < -0.3 is 4.74 Å². The normalized spacial score (nSPS) is 12.3. The van der Waals surface area contributed by atoms with Gasteiger partial charge >= 0.3 is 0 Å². The molecule has 5 nitrogen and oxygen atoms in total. The van der Waals surface area contributed by atoms with Crippen LogP contribution in [0.25, 0.3) is 44.4 Å². The second-order valence-corrected chi connectivity index (χ2v) is 15.1. The number of aromatic nitrogens is 4. The van der Waals surface area contributed by atoms with Gasteiger partial charge in [0.15, 0.2) is 0 Å². The Kier molecular flexibility index (Phi) is 7.54. The zero-order chi connectivity index (χ0) is 34.0. The molecule has 0 bridgehead atoms. The summed E-state index contributed by atoms with van der Waals surface area (Å²) in [5.74, 6) is 2.41. The monoisotopic (exact) mass is 632 g/mol. The molecule has 0 saturated heterocycles. The molecule has 0 aliphatic heterocycles. The zero-order valence-electron chi connectivity index (χ0n) is 29.5. The van der Waals surface area contributed by atoms with Gasteiger partial charge in [-0.15, -0.1) is 0 Å². The van der Waals surface area contributed by atoms with Gasteiger partial charge in [-0.1, -0.05) is 83.5 Å². The van der Waals surface area contributed by atoms with Crippen LogP contribution in [-0.4, -0.2) is 19.3 Å². The van der Waals surface area contributed by atoms with E-state index in [0.29, 0.717) is 0 Å². The third-order valence-electron chi connectivity index (χ3n) is 9.21. The first-order valence-electron chi connectivity index (χ1n) is 16.7. The highest BCUT2D eigenvalue weighted by atomic mass is 16.5. The number of ether oxygens (including phenoxy) is 1. The quantitative estimate of drug-likeness (QED) is 0.190. The smallest absolute Gasteiger partial charge is 0.137 e. The molecular formula is C43H44N4O. The number of hydrogen-bond acceptors (Lipinski definition) is 3. The largest absolute Gasteiger partial charge is 0.457 e. The fourth-order valence-corrected chi connectivity index (χ4v) is 7.14. The maximum atomic E-state index is 6.61. The minimum absolute atomic E-state index is 0.00965. The molecule has 48 heavy (non-hydrogen) atoms. The number of nitrogens with zero attached hydrogens (tertiary/aromatic N) is 4. The van der Waals surface area contributed by atoms with Gasteiger partial charge in [0.05, 0.1) is 28.6 Å². The maximum Gasteiger partial charge on any atom is 0.137 e. The molecule has 0 amide bonds. The summed E-state index contributed by atoms with van der Waals surface area (Å²) in [7, 11) is 0. The summed E-state index contributed by atoms with van der Waals surface area (Å²) in [4.78, 5) is 4.83. The van der Waals surface area contributed by atoms with E-state index in [2.05, 4.69) is 150 Å². The molecule has 4 aromatic carbocycles. The molecule has 0 radical (unpaired) electrons. The lowest BCUT2D eigenvalue weighted by Crippen LogP contribution is -2.19. The number of benzene rings is 4. The summed E-state index contributed by atoms with van der Waals surface area (Å²) in [6.45, 7) is 20.0. The van der Waals surface area contributed by atoms with Gasteiger partial charge in [-0.3, -0.25) is 4.57 Å². The Morgan fingerprint density at radius 3 is 2.08 bits per heavy atom. The van der Waals surface area contributed by atoms with Gasteiger partial charge in [0.25, 0.3) is 0 Å². The van der Waals surface area contributed by atoms with Crippen LogP contribution in [0.5, 0.6) is 11.5 Å². The molecule has 5 heteroatoms. The lowest BCUT2D eigenvalue weighted by molar-refractivity contribution is 0.482. The van der Waals surface area contributed by atoms with Gasteiger partial charge in [-0.2, -0.15) is 5.10 Å². The average Bonchev–Trinajstić information content (AvgIpc) is 3.60. The summed E-state index contributed by atoms with van der Waals surface area (Å²) < 4.78 is 10.9. The van der Waals surface area contributed by atoms with Crippen molar-refractivity contribution in [1.82, 2.24) is 19.3 Å². The van der Waals surface area contributed by atoms with Crippen molar-refractivity contribution in [3.8, 4) is 34.1 Å². The van der Waals surface area contributed by atoms with Crippen molar-refractivity contribution in [1.29, 1.82) is 0 Å². The van der Waals surface area contributed by atoms with Crippen molar-refractivity contribution in [3.63, 3.8) is 0 Å². The highest BCUT2D eigenvalue weighted by Gasteiger charge is 2.27. The van der Waals surface area contributed by atoms with Crippen molar-refractivity contribution in [2.75, 3.05) is 0 Å². The van der Waals surface area contributed by atoms with E-state index in [9.17, 15) is 0 Å². The van der Waals surface area contributed by atoms with Crippen molar-refractivity contribution in [2.24, 2.45) is 0 Å². The average molecular weight is 633 g/mol. The standard InChI is InChI=1S/C43H44N4O/c1-27-21-28(2)40(29(3)22-27)36-26-45-47(41(36)43(7,8)9)31-13-12-14-32(24-31)48-33-17-18-35-34-15-10-11-16-37(34)46(38(35)25-33)39-23-30(19-20-44-39)42(4,5)6/h10-26H,1-9H3. The second-order valence-electron chi connectivity index (χ2n) is 15.1. The van der Waals surface area contributed by atoms with E-state index in [1.165, 1.54) is 44.5 Å². The molecule has 242 valence electrons. The fraction of sp³-hybridized carbons (Fsp3) is 0.256. The van der Waals surface area contributed by atoms with Crippen LogP contribution in [0.3, 0.4) is 0 Å². The van der Waals surface area contributed by atoms with Crippen LogP contribution >= 0.6 is 0 Å². The van der Waals surface area contributed by atoms with E-state index < -0.39 is 0 Å². The first-order valence-corrected chi connectivity index (χ1v) is 16.7. The topological polar surface area (TPSA) is 44.9 Å². The summed E-state index contributed by atoms with van der Waals surface area (Å²) in [6, 6.07) is 31.9. The lowest BCUT2D eigenvalue weighted by Gasteiger charge is -2.24. The number of hydrogen-bond donors (Lipinski definition) is 0. The van der Waals surface area contributed by atoms with Gasteiger partial charge in [0.1, 0.15) is 17.3 Å². The Labute approximate surface area is 283 Å². The van der Waals surface area contributed by atoms with E-state index in [-0.39, 0.29) is 10.8 Å². The van der Waals surface area contributed by atoms with Crippen molar-refractivity contribution < 1.29 is 4.74 Å². The molecule has 0 atom stereocenters. The molecule has 0 saturated carbocycles. The Balaban J connectivity index is 1.31. The van der Waals surface area contributed by atoms with Crippen molar-refractivity contribution in [3.05, 3.63) is 131 Å². The number of para-hydroxylation sites is 1. The summed E-state index contributed by atoms with van der Waals surface area (Å²) >= 11 is 0. The molecule has 0 spiro atoms. The van der Waals surface area contributed by atoms with Crippen molar-refractivity contribution >= 4 is 21.8 Å². The van der Waals surface area contributed by atoms with Crippen LogP contribution in [0.2, 0.25) is 0 Å². The summed E-state index contributed by atoms with van der Waals surface area (Å²) in [5, 5.41) is 7.32. The molecule has 7 rings (SSSR count). The fourth-order valence-electron chi connectivity index (χ4n) is 7.14. The third-order valence-corrected chi connectivity index (χ3v) is 9.21. The molecule has 0 N–H and O–H groups in total. The Morgan fingerprint density at radius 2 is 1.35 bits per heavy atom. The van der Waals surface area contributed by atoms with E-state index in [0.717, 1.165) is 39.4 Å². The van der Waals surface area contributed by atoms with Crippen LogP contribution in [0.1, 0.15) is 69.5 Å². The van der Waals surface area contributed by atoms with Gasteiger partial charge in [0, 0.05) is 40.1 Å². The van der Waals surface area contributed by atoms with Crippen LogP contribution < -0.4 is 4.74 Å². The zero-order valence-corrected chi connectivity index (χ0v) is 29.5. The third kappa shape index (κ3) is 5.57. The lowest BCUT2D eigenvalue weighted by atomic mass is 9.84. The van der Waals surface area contributed by atoms with E-state index in [1.807, 2.05) is 24.5 Å². The minimum Gasteiger partial charge on any atom is -0.457 e. The van der Waals surface area contributed by atoms with Crippen molar-refractivity contribution in [2.45, 2.75) is 73.1 Å². The van der Waals surface area contributed by atoms with Crippen LogP contribution in [-0.2, 0) is 10.8 Å². The van der Waals surface area contributed by atoms with Gasteiger partial charge in [-0.05, 0) is 90.9 Å². The van der Waals surface area contributed by atoms with Gasteiger partial charge in [0.2, 0.25) is 0 Å². The SMILES string of the molecule is Cc1cc(C)c(-c2cnn(-c3cccc(Oc4ccc5c6ccccc6n(-c6cc(C(C)(C)C)ccn6)c5c4)c3)c2C(C)(C)C)c(C)c1. The number of fused-ring (bicyclic) bond motifs is 3. The molecule has 7 aromatic rings. The number of rotatable bonds is 5. The summed E-state index contributed by atoms with van der Waals surface area (Å²) in [5.41, 5.74) is 11.6. The number of pyridine rings is 1. The molecule has 0 fully saturated rings. The molecule has 0 aliphatic carbocycles. The Hall–Kier alpha value is -5.16. The van der Waals surface area contributed by atoms with E-state index >= 15 is 0 Å². The molecule has 3 aromatic heterocycles. The highest BCUT2D eigenvalue weighted by Crippen LogP contribution is 2.39. The molecular weight excluding hydrogens is 589 g/mol. The second kappa shape index (κ2) is 11.5. The van der Waals surface area contributed by atoms with E-state index in [4.69, 9.17) is 14.8 Å². The predicted molar refractivity (Wildman–Crippen MR) is 199 cm³/mol. The first kappa shape index (κ1) is 31.4. The molecule has 3 heterocycles. The Morgan fingerprint density at radius 1 is 0.646 bits per heavy atom. The molecule has 0 unspecified atom stereocenters. The maximum absolute atomic E-state index is 6.61. The summed E-state index contributed by atoms with van der Waals surface area (Å²) in [6.07, 6.45) is 3.94. The minimum atomic E-state index is -0.150. The molecule has 0 aliphatic rings. The van der Waals surface area contributed by atoms with E-state index in [1.54, 1.807) is 0 Å². The van der Waals surface area contributed by atoms with Crippen LogP contribution in [0.15, 0.2) is 103 Å². The predicted octanol–water partition coefficient (Wildman–Crippen LogP) is 11.3. The Bertz CT molecular complexity index is 2300. The highest BCUT2D eigenvalue weighted by molar-refractivity contribution is 6.09. The van der Waals surface area contributed by atoms with Crippen LogP contribution in [0.4, 0.5) is 0 Å². The van der Waals surface area contributed by atoms with Gasteiger partial charge in [-0.25, -0.2) is 9.67 Å². The number of aryl methyl sites for hydroxylation is 3. The first-order chi connectivity index (χ1) is 22.8. The van der Waals surface area contributed by atoms with Crippen LogP contribution in [0, 0.1) is 20.8 Å².